The Labute approximate surface area is 200 Å². The fourth-order valence-corrected chi connectivity index (χ4v) is 5.79. The van der Waals surface area contributed by atoms with E-state index in [-0.39, 0.29) is 38.7 Å². The second kappa shape index (κ2) is 11.2. The second-order valence-electron chi connectivity index (χ2n) is 6.44. The average molecular weight is 540 g/mol. The van der Waals surface area contributed by atoms with Gasteiger partial charge in [0.05, 0.1) is 24.5 Å². The molecule has 2 aromatic carbocycles. The lowest BCUT2D eigenvalue weighted by Gasteiger charge is -2.25. The van der Waals surface area contributed by atoms with E-state index < -0.39 is 26.7 Å². The Morgan fingerprint density at radius 3 is 1.42 bits per heavy atom. The monoisotopic (exact) mass is 539 g/mol. The van der Waals surface area contributed by atoms with Crippen LogP contribution in [0, 0.1) is 0 Å². The lowest BCUT2D eigenvalue weighted by atomic mass is 10.3. The first-order chi connectivity index (χ1) is 15.1. The first kappa shape index (κ1) is 27.0. The molecule has 0 radical (unpaired) electrons. The molecule has 2 saturated heterocycles. The third-order valence-electron chi connectivity index (χ3n) is 4.36. The van der Waals surface area contributed by atoms with Crippen LogP contribution in [0.4, 0.5) is 21.0 Å². The number of amides is 2. The molecule has 15 heteroatoms. The van der Waals surface area contributed by atoms with Crippen LogP contribution in [-0.4, -0.2) is 57.6 Å². The summed E-state index contributed by atoms with van der Waals surface area (Å²) in [5.74, 6) is 0. The number of cyclic esters (lactones) is 2. The Hall–Kier alpha value is -2.26. The van der Waals surface area contributed by atoms with Crippen molar-refractivity contribution < 1.29 is 38.0 Å². The van der Waals surface area contributed by atoms with Crippen LogP contribution in [0.25, 0.3) is 0 Å². The highest BCUT2D eigenvalue weighted by Crippen LogP contribution is 2.56. The van der Waals surface area contributed by atoms with E-state index in [0.29, 0.717) is 20.7 Å². The van der Waals surface area contributed by atoms with Crippen molar-refractivity contribution in [2.45, 2.75) is 0 Å². The third kappa shape index (κ3) is 6.41. The predicted octanol–water partition coefficient (Wildman–Crippen LogP) is 4.58. The molecule has 0 spiro atoms. The number of halogens is 2. The molecule has 0 aliphatic carbocycles. The SMILES string of the molecule is Cl.O=C1OCCN1P(=O)(O)N1CCOC1=O.O=P(O)(Cl)N(c1ccccc1)c1ccccc1. The molecular formula is C18H21Cl2N3O8P2. The van der Waals surface area contributed by atoms with Crippen LogP contribution in [0.3, 0.4) is 0 Å². The number of para-hydroxylation sites is 2. The van der Waals surface area contributed by atoms with Gasteiger partial charge in [0, 0.05) is 0 Å². The van der Waals surface area contributed by atoms with E-state index in [4.69, 9.17) is 11.2 Å². The second-order valence-corrected chi connectivity index (χ2v) is 11.1. The molecule has 0 saturated carbocycles. The smallest absolute Gasteiger partial charge is 0.418 e. The van der Waals surface area contributed by atoms with Crippen LogP contribution in [-0.2, 0) is 18.6 Å². The van der Waals surface area contributed by atoms with Gasteiger partial charge in [-0.25, -0.2) is 28.1 Å². The Morgan fingerprint density at radius 1 is 0.788 bits per heavy atom. The lowest BCUT2D eigenvalue weighted by Crippen LogP contribution is -2.32. The summed E-state index contributed by atoms with van der Waals surface area (Å²) < 4.78 is 35.2. The number of rotatable bonds is 5. The van der Waals surface area contributed by atoms with Gasteiger partial charge < -0.3 is 19.3 Å². The van der Waals surface area contributed by atoms with Gasteiger partial charge in [0.25, 0.3) is 0 Å². The first-order valence-corrected chi connectivity index (χ1v) is 13.4. The van der Waals surface area contributed by atoms with Crippen molar-refractivity contribution in [1.82, 2.24) is 9.34 Å². The molecule has 11 nitrogen and oxygen atoms in total. The maximum atomic E-state index is 11.8. The number of benzene rings is 2. The third-order valence-corrected chi connectivity index (χ3v) is 7.75. The Bertz CT molecular complexity index is 988. The number of nitrogens with zero attached hydrogens (tertiary/aromatic N) is 3. The van der Waals surface area contributed by atoms with E-state index in [2.05, 4.69) is 9.47 Å². The number of anilines is 2. The van der Waals surface area contributed by atoms with Gasteiger partial charge in [0.1, 0.15) is 13.2 Å². The molecule has 33 heavy (non-hydrogen) atoms. The van der Waals surface area contributed by atoms with Gasteiger partial charge in [0.2, 0.25) is 0 Å². The van der Waals surface area contributed by atoms with E-state index in [1.807, 2.05) is 12.1 Å². The molecule has 2 N–H and O–H groups in total. The van der Waals surface area contributed by atoms with E-state index >= 15 is 0 Å². The fraction of sp³-hybridized carbons (Fsp3) is 0.222. The standard InChI is InChI=1S/C12H11ClNO2P.C6H9N2O6P.ClH/c13-17(15,16)14(11-7-3-1-4-8-11)12-9-5-2-6-10-12;9-5-7(1-3-13-5)15(11,12)8-2-4-14-6(8)10;/h1-10H,(H,15,16);1-4H2,(H,11,12);1H. The van der Waals surface area contributed by atoms with Gasteiger partial charge in [-0.3, -0.25) is 4.67 Å². The van der Waals surface area contributed by atoms with Gasteiger partial charge in [-0.05, 0) is 35.5 Å². The Morgan fingerprint density at radius 2 is 1.15 bits per heavy atom. The minimum Gasteiger partial charge on any atom is -0.447 e. The summed E-state index contributed by atoms with van der Waals surface area (Å²) in [6.07, 6.45) is -1.78. The van der Waals surface area contributed by atoms with Crippen molar-refractivity contribution in [3.05, 3.63) is 60.7 Å². The summed E-state index contributed by atoms with van der Waals surface area (Å²) >= 11 is 5.61. The number of carbonyl (C=O) groups excluding carboxylic acids is 2. The summed E-state index contributed by atoms with van der Waals surface area (Å²) in [6, 6.07) is 17.8. The number of hydrogen-bond acceptors (Lipinski definition) is 6. The maximum Gasteiger partial charge on any atom is 0.418 e. The molecule has 2 aliphatic heterocycles. The van der Waals surface area contributed by atoms with E-state index in [0.717, 1.165) is 0 Å². The normalized spacial score (nSPS) is 17.2. The van der Waals surface area contributed by atoms with Crippen molar-refractivity contribution in [3.63, 3.8) is 0 Å². The van der Waals surface area contributed by atoms with Crippen LogP contribution < -0.4 is 4.67 Å². The quantitative estimate of drug-likeness (QED) is 0.523. The van der Waals surface area contributed by atoms with Gasteiger partial charge in [-0.2, -0.15) is 0 Å². The molecule has 180 valence electrons. The summed E-state index contributed by atoms with van der Waals surface area (Å²) in [4.78, 5) is 41.4. The summed E-state index contributed by atoms with van der Waals surface area (Å²) in [6.45, 7) is -3.83. The average Bonchev–Trinajstić information content (AvgIpc) is 3.38. The predicted molar refractivity (Wildman–Crippen MR) is 124 cm³/mol. The topological polar surface area (TPSA) is 137 Å². The van der Waals surface area contributed by atoms with Crippen LogP contribution in [0.1, 0.15) is 0 Å². The number of ether oxygens (including phenoxy) is 2. The lowest BCUT2D eigenvalue weighted by molar-refractivity contribution is 0.161. The summed E-state index contributed by atoms with van der Waals surface area (Å²) in [5, 5.41) is 0. The zero-order valence-electron chi connectivity index (χ0n) is 17.0. The molecule has 0 bridgehead atoms. The van der Waals surface area contributed by atoms with Crippen LogP contribution in [0.2, 0.25) is 0 Å². The number of carbonyl (C=O) groups is 2. The van der Waals surface area contributed by atoms with Crippen molar-refractivity contribution >= 4 is 61.8 Å². The molecule has 0 aromatic heterocycles. The van der Waals surface area contributed by atoms with E-state index in [9.17, 15) is 28.5 Å². The summed E-state index contributed by atoms with van der Waals surface area (Å²) in [5.41, 5.74) is 1.17. The maximum absolute atomic E-state index is 11.8. The fourth-order valence-electron chi connectivity index (χ4n) is 2.95. The molecule has 4 rings (SSSR count). The minimum atomic E-state index is -4.18. The molecule has 2 aliphatic rings. The van der Waals surface area contributed by atoms with Crippen LogP contribution in [0.15, 0.2) is 60.7 Å². The molecule has 1 atom stereocenters. The van der Waals surface area contributed by atoms with Crippen LogP contribution in [0.5, 0.6) is 0 Å². The molecule has 2 aromatic rings. The van der Waals surface area contributed by atoms with Gasteiger partial charge in [0.15, 0.2) is 0 Å². The zero-order chi connectivity index (χ0) is 23.4. The number of hydrogen-bond donors (Lipinski definition) is 2. The summed E-state index contributed by atoms with van der Waals surface area (Å²) in [7, 11) is -4.18. The molecular weight excluding hydrogens is 519 g/mol. The first-order valence-electron chi connectivity index (χ1n) is 9.28. The Balaban J connectivity index is 0.000000228. The largest absolute Gasteiger partial charge is 0.447 e. The van der Waals surface area contributed by atoms with Gasteiger partial charge in [-0.1, -0.05) is 36.4 Å². The highest BCUT2D eigenvalue weighted by atomic mass is 35.7. The van der Waals surface area contributed by atoms with E-state index in [1.54, 1.807) is 48.5 Å². The van der Waals surface area contributed by atoms with Crippen molar-refractivity contribution in [3.8, 4) is 0 Å². The highest BCUT2D eigenvalue weighted by Gasteiger charge is 2.47. The molecule has 2 heterocycles. The van der Waals surface area contributed by atoms with Crippen molar-refractivity contribution in [2.24, 2.45) is 0 Å². The minimum absolute atomic E-state index is 0. The molecule has 2 fully saturated rings. The molecule has 2 amide bonds. The van der Waals surface area contributed by atoms with Gasteiger partial charge >= 0.3 is 26.7 Å². The van der Waals surface area contributed by atoms with Crippen LogP contribution >= 0.6 is 38.2 Å². The Kier molecular flexibility index (Phi) is 9.20. The van der Waals surface area contributed by atoms with Crippen molar-refractivity contribution in [2.75, 3.05) is 31.0 Å². The van der Waals surface area contributed by atoms with Gasteiger partial charge in [-0.15, -0.1) is 12.4 Å². The molecule has 1 unspecified atom stereocenters. The van der Waals surface area contributed by atoms with E-state index in [1.165, 1.54) is 4.67 Å². The zero-order valence-corrected chi connectivity index (χ0v) is 20.3. The van der Waals surface area contributed by atoms with Crippen molar-refractivity contribution in [1.29, 1.82) is 0 Å². The highest BCUT2D eigenvalue weighted by molar-refractivity contribution is 7.86.